The Balaban J connectivity index is 2.60. The maximum Gasteiger partial charge on any atom is 0.306 e. The number of nitrogens with one attached hydrogen (secondary N) is 1. The lowest BCUT2D eigenvalue weighted by atomic mass is 9.99. The largest absolute Gasteiger partial charge is 0.481 e. The summed E-state index contributed by atoms with van der Waals surface area (Å²) < 4.78 is 0. The SMILES string of the molecule is Cc1ccc2[nH]cc(CC(C)C(=O)O)c2c1[N+](=O)[O-]. The van der Waals surface area contributed by atoms with Gasteiger partial charge in [0.05, 0.1) is 21.7 Å². The molecular weight excluding hydrogens is 248 g/mol. The van der Waals surface area contributed by atoms with Gasteiger partial charge in [0.1, 0.15) is 0 Å². The zero-order valence-corrected chi connectivity index (χ0v) is 10.6. The number of carboxylic acids is 1. The highest BCUT2D eigenvalue weighted by Gasteiger charge is 2.22. The molecule has 100 valence electrons. The molecule has 2 rings (SSSR count). The van der Waals surface area contributed by atoms with Crippen LogP contribution in [0.4, 0.5) is 5.69 Å². The van der Waals surface area contributed by atoms with Gasteiger partial charge in [-0.2, -0.15) is 0 Å². The third kappa shape index (κ3) is 2.29. The molecule has 0 spiro atoms. The molecule has 6 heteroatoms. The third-order valence-electron chi connectivity index (χ3n) is 3.23. The van der Waals surface area contributed by atoms with Crippen LogP contribution in [0.2, 0.25) is 0 Å². The molecule has 0 fully saturated rings. The Kier molecular flexibility index (Phi) is 3.25. The van der Waals surface area contributed by atoms with Gasteiger partial charge < -0.3 is 10.1 Å². The van der Waals surface area contributed by atoms with E-state index in [0.29, 0.717) is 22.0 Å². The molecule has 2 aromatic rings. The number of aromatic nitrogens is 1. The van der Waals surface area contributed by atoms with Gasteiger partial charge in [-0.15, -0.1) is 0 Å². The molecule has 0 saturated carbocycles. The van der Waals surface area contributed by atoms with Crippen molar-refractivity contribution in [1.29, 1.82) is 0 Å². The number of aryl methyl sites for hydroxylation is 1. The fourth-order valence-corrected chi connectivity index (χ4v) is 2.19. The number of hydrogen-bond donors (Lipinski definition) is 2. The minimum atomic E-state index is -0.912. The molecule has 1 aromatic carbocycles. The second-order valence-electron chi connectivity index (χ2n) is 4.67. The summed E-state index contributed by atoms with van der Waals surface area (Å²) in [5.74, 6) is -1.50. The second kappa shape index (κ2) is 4.72. The van der Waals surface area contributed by atoms with Crippen LogP contribution in [0.1, 0.15) is 18.1 Å². The summed E-state index contributed by atoms with van der Waals surface area (Å²) in [7, 11) is 0. The summed E-state index contributed by atoms with van der Waals surface area (Å²) in [4.78, 5) is 24.6. The van der Waals surface area contributed by atoms with Crippen molar-refractivity contribution >= 4 is 22.6 Å². The lowest BCUT2D eigenvalue weighted by molar-refractivity contribution is -0.383. The van der Waals surface area contributed by atoms with Crippen molar-refractivity contribution in [3.05, 3.63) is 39.6 Å². The van der Waals surface area contributed by atoms with Gasteiger partial charge in [-0.3, -0.25) is 14.9 Å². The van der Waals surface area contributed by atoms with E-state index in [1.54, 1.807) is 32.2 Å². The van der Waals surface area contributed by atoms with Crippen molar-refractivity contribution < 1.29 is 14.8 Å². The molecule has 0 amide bonds. The van der Waals surface area contributed by atoms with Gasteiger partial charge in [-0.25, -0.2) is 0 Å². The number of aliphatic carboxylic acids is 1. The second-order valence-corrected chi connectivity index (χ2v) is 4.67. The summed E-state index contributed by atoms with van der Waals surface area (Å²) in [6.07, 6.45) is 1.91. The predicted molar refractivity (Wildman–Crippen MR) is 70.2 cm³/mol. The first-order valence-corrected chi connectivity index (χ1v) is 5.88. The molecule has 1 aromatic heterocycles. The van der Waals surface area contributed by atoms with Crippen LogP contribution in [0.5, 0.6) is 0 Å². The Bertz CT molecular complexity index is 660. The number of fused-ring (bicyclic) bond motifs is 1. The minimum absolute atomic E-state index is 0.0475. The Hall–Kier alpha value is -2.37. The van der Waals surface area contributed by atoms with Gasteiger partial charge in [0.15, 0.2) is 0 Å². The van der Waals surface area contributed by atoms with Gasteiger partial charge in [0, 0.05) is 11.8 Å². The molecule has 2 N–H and O–H groups in total. The van der Waals surface area contributed by atoms with E-state index in [2.05, 4.69) is 4.98 Å². The number of carboxylic acid groups (broad SMARTS) is 1. The quantitative estimate of drug-likeness (QED) is 0.653. The number of benzene rings is 1. The van der Waals surface area contributed by atoms with Gasteiger partial charge in [0.2, 0.25) is 0 Å². The van der Waals surface area contributed by atoms with Crippen LogP contribution in [0.3, 0.4) is 0 Å². The van der Waals surface area contributed by atoms with Crippen molar-refractivity contribution in [1.82, 2.24) is 4.98 Å². The van der Waals surface area contributed by atoms with Crippen LogP contribution >= 0.6 is 0 Å². The highest BCUT2D eigenvalue weighted by atomic mass is 16.6. The first kappa shape index (κ1) is 13.1. The molecule has 0 bridgehead atoms. The molecule has 0 radical (unpaired) electrons. The normalized spacial score (nSPS) is 12.5. The number of carbonyl (C=O) groups is 1. The zero-order valence-electron chi connectivity index (χ0n) is 10.6. The molecule has 0 aliphatic heterocycles. The lowest BCUT2D eigenvalue weighted by Gasteiger charge is -2.06. The molecule has 0 aliphatic carbocycles. The van der Waals surface area contributed by atoms with E-state index in [9.17, 15) is 14.9 Å². The fraction of sp³-hybridized carbons (Fsp3) is 0.308. The highest BCUT2D eigenvalue weighted by molar-refractivity contribution is 5.93. The van der Waals surface area contributed by atoms with Gasteiger partial charge in [0.25, 0.3) is 5.69 Å². The fourth-order valence-electron chi connectivity index (χ4n) is 2.19. The van der Waals surface area contributed by atoms with Crippen molar-refractivity contribution in [3.63, 3.8) is 0 Å². The Labute approximate surface area is 109 Å². The number of rotatable bonds is 4. The molecule has 1 unspecified atom stereocenters. The number of aromatic amines is 1. The first-order chi connectivity index (χ1) is 8.91. The molecule has 0 aliphatic rings. The average Bonchev–Trinajstić information content (AvgIpc) is 2.71. The van der Waals surface area contributed by atoms with E-state index in [0.717, 1.165) is 0 Å². The van der Waals surface area contributed by atoms with Crippen molar-refractivity contribution in [3.8, 4) is 0 Å². The van der Waals surface area contributed by atoms with E-state index >= 15 is 0 Å². The molecule has 1 atom stereocenters. The number of hydrogen-bond acceptors (Lipinski definition) is 3. The topological polar surface area (TPSA) is 96.2 Å². The van der Waals surface area contributed by atoms with E-state index in [1.165, 1.54) is 0 Å². The molecule has 19 heavy (non-hydrogen) atoms. The molecule has 0 saturated heterocycles. The van der Waals surface area contributed by atoms with Crippen molar-refractivity contribution in [2.45, 2.75) is 20.3 Å². The number of H-pyrrole nitrogens is 1. The van der Waals surface area contributed by atoms with Crippen LogP contribution in [0.15, 0.2) is 18.3 Å². The third-order valence-corrected chi connectivity index (χ3v) is 3.23. The predicted octanol–water partition coefficient (Wildman–Crippen LogP) is 2.65. The first-order valence-electron chi connectivity index (χ1n) is 5.88. The maximum absolute atomic E-state index is 11.2. The van der Waals surface area contributed by atoms with Crippen LogP contribution in [0.25, 0.3) is 10.9 Å². The zero-order chi connectivity index (χ0) is 14.2. The smallest absolute Gasteiger partial charge is 0.306 e. The maximum atomic E-state index is 11.2. The van der Waals surface area contributed by atoms with Crippen LogP contribution < -0.4 is 0 Å². The lowest BCUT2D eigenvalue weighted by Crippen LogP contribution is -2.12. The van der Waals surface area contributed by atoms with Crippen molar-refractivity contribution in [2.75, 3.05) is 0 Å². The van der Waals surface area contributed by atoms with Crippen LogP contribution in [-0.4, -0.2) is 21.0 Å². The minimum Gasteiger partial charge on any atom is -0.481 e. The van der Waals surface area contributed by atoms with Crippen LogP contribution in [-0.2, 0) is 11.2 Å². The Morgan fingerprint density at radius 1 is 1.53 bits per heavy atom. The van der Waals surface area contributed by atoms with E-state index in [-0.39, 0.29) is 12.1 Å². The summed E-state index contributed by atoms with van der Waals surface area (Å²) in [5.41, 5.74) is 1.94. The van der Waals surface area contributed by atoms with Gasteiger partial charge >= 0.3 is 5.97 Å². The van der Waals surface area contributed by atoms with E-state index in [4.69, 9.17) is 5.11 Å². The summed E-state index contributed by atoms with van der Waals surface area (Å²) >= 11 is 0. The molecule has 6 nitrogen and oxygen atoms in total. The highest BCUT2D eigenvalue weighted by Crippen LogP contribution is 2.32. The average molecular weight is 262 g/mol. The summed E-state index contributed by atoms with van der Waals surface area (Å²) in [5, 5.41) is 20.6. The Morgan fingerprint density at radius 2 is 2.21 bits per heavy atom. The van der Waals surface area contributed by atoms with E-state index < -0.39 is 16.8 Å². The monoisotopic (exact) mass is 262 g/mol. The number of nitro groups is 1. The molecular formula is C13H14N2O4. The van der Waals surface area contributed by atoms with Crippen LogP contribution in [0, 0.1) is 23.0 Å². The van der Waals surface area contributed by atoms with Gasteiger partial charge in [-0.05, 0) is 25.0 Å². The number of nitro benzene ring substituents is 1. The number of nitrogens with zero attached hydrogens (tertiary/aromatic N) is 1. The van der Waals surface area contributed by atoms with Crippen molar-refractivity contribution in [2.24, 2.45) is 5.92 Å². The Morgan fingerprint density at radius 3 is 2.79 bits per heavy atom. The molecule has 1 heterocycles. The van der Waals surface area contributed by atoms with E-state index in [1.807, 2.05) is 0 Å². The summed E-state index contributed by atoms with van der Waals surface area (Å²) in [6, 6.07) is 3.45. The summed E-state index contributed by atoms with van der Waals surface area (Å²) in [6.45, 7) is 3.26. The standard InChI is InChI=1S/C13H14N2O4/c1-7-3-4-10-11(12(7)15(18)19)9(6-14-10)5-8(2)13(16)17/h3-4,6,8,14H,5H2,1-2H3,(H,16,17). The van der Waals surface area contributed by atoms with Gasteiger partial charge in [-0.1, -0.05) is 13.0 Å².